The molecule has 2 unspecified atom stereocenters. The van der Waals surface area contributed by atoms with Crippen LogP contribution in [0.25, 0.3) is 0 Å². The van der Waals surface area contributed by atoms with Crippen LogP contribution < -0.4 is 0 Å². The Morgan fingerprint density at radius 1 is 0.364 bits per heavy atom. The molecule has 0 aliphatic heterocycles. The largest absolute Gasteiger partial charge is 0.472 e. The van der Waals surface area contributed by atoms with Gasteiger partial charge in [0.05, 0.1) is 27.7 Å². The van der Waals surface area contributed by atoms with Crippen LogP contribution in [-0.2, 0) is 32.7 Å². The van der Waals surface area contributed by atoms with E-state index in [-0.39, 0.29) is 32.0 Å². The standard InChI is InChI=1S/C78H136NO8P/c1-6-8-10-12-14-16-18-20-22-24-26-28-30-32-34-36-38-39-41-42-44-46-48-50-52-54-56-58-60-62-64-66-68-70-77(80)84-74-76(75-86-88(82,83)85-73-72-79(3,4)5)87-78(81)71-69-67-65-63-61-59-57-55-53-51-49-47-45-43-40-37-35-33-31-29-27-25-23-21-19-17-15-13-11-9-7-2/h9,11,15,17,21,23-24,26-27,29,33,35,40,43,47,49,53,55,59,61,76H,6-8,10,12-14,16,18-20,22,25,28,30-32,34,36-39,41-42,44-46,48,50-52,54,56-58,60,62-75H2,1-5H3/p+1/b11-9-,17-15-,23-21-,26-24-,29-27-,35-33-,43-40-,49-47-,55-53-,61-59-. The van der Waals surface area contributed by atoms with E-state index in [2.05, 4.69) is 135 Å². The van der Waals surface area contributed by atoms with E-state index in [1.807, 2.05) is 21.1 Å². The zero-order valence-corrected chi connectivity index (χ0v) is 58.6. The number of carbonyl (C=O) groups excluding carboxylic acids is 2. The van der Waals surface area contributed by atoms with Gasteiger partial charge in [0, 0.05) is 12.8 Å². The van der Waals surface area contributed by atoms with Crippen LogP contribution in [0.5, 0.6) is 0 Å². The van der Waals surface area contributed by atoms with Crippen molar-refractivity contribution in [2.75, 3.05) is 47.5 Å². The summed E-state index contributed by atoms with van der Waals surface area (Å²) in [5, 5.41) is 0. The molecule has 88 heavy (non-hydrogen) atoms. The monoisotopic (exact) mass is 1250 g/mol. The normalized spacial score (nSPS) is 13.8. The van der Waals surface area contributed by atoms with Crippen molar-refractivity contribution in [1.82, 2.24) is 0 Å². The molecule has 1 N–H and O–H groups in total. The van der Waals surface area contributed by atoms with E-state index in [9.17, 15) is 19.0 Å². The van der Waals surface area contributed by atoms with E-state index in [1.165, 1.54) is 180 Å². The average molecular weight is 1250 g/mol. The summed E-state index contributed by atoms with van der Waals surface area (Å²) in [4.78, 5) is 35.9. The molecule has 0 aromatic heterocycles. The van der Waals surface area contributed by atoms with E-state index in [4.69, 9.17) is 18.5 Å². The second kappa shape index (κ2) is 67.8. The lowest BCUT2D eigenvalue weighted by Crippen LogP contribution is -2.37. The van der Waals surface area contributed by atoms with E-state index < -0.39 is 26.5 Å². The van der Waals surface area contributed by atoms with E-state index in [0.717, 1.165) is 96.3 Å². The number of rotatable bonds is 66. The number of hydrogen-bond acceptors (Lipinski definition) is 7. The zero-order valence-electron chi connectivity index (χ0n) is 57.7. The lowest BCUT2D eigenvalue weighted by molar-refractivity contribution is -0.870. The van der Waals surface area contributed by atoms with Crippen LogP contribution in [0, 0.1) is 0 Å². The van der Waals surface area contributed by atoms with Crippen molar-refractivity contribution in [2.24, 2.45) is 0 Å². The number of ether oxygens (including phenoxy) is 2. The highest BCUT2D eigenvalue weighted by atomic mass is 31.2. The number of esters is 2. The molecule has 0 bridgehead atoms. The number of phosphoric ester groups is 1. The van der Waals surface area contributed by atoms with Crippen LogP contribution in [0.3, 0.4) is 0 Å². The first-order chi connectivity index (χ1) is 43.0. The molecular formula is C78H137NO8P+. The highest BCUT2D eigenvalue weighted by Crippen LogP contribution is 2.43. The van der Waals surface area contributed by atoms with Crippen molar-refractivity contribution >= 4 is 19.8 Å². The molecule has 0 rings (SSSR count). The summed E-state index contributed by atoms with van der Waals surface area (Å²) in [5.74, 6) is -0.833. The smallest absolute Gasteiger partial charge is 0.462 e. The fourth-order valence-corrected chi connectivity index (χ4v) is 10.7. The van der Waals surface area contributed by atoms with E-state index in [0.29, 0.717) is 17.4 Å². The zero-order chi connectivity index (χ0) is 64.1. The van der Waals surface area contributed by atoms with Crippen molar-refractivity contribution < 1.29 is 42.1 Å². The summed E-state index contributed by atoms with van der Waals surface area (Å²) < 4.78 is 34.7. The summed E-state index contributed by atoms with van der Waals surface area (Å²) in [5.41, 5.74) is 0. The number of allylic oxidation sites excluding steroid dienone is 20. The van der Waals surface area contributed by atoms with Crippen LogP contribution >= 0.6 is 7.82 Å². The van der Waals surface area contributed by atoms with Crippen LogP contribution in [0.15, 0.2) is 122 Å². The maximum atomic E-state index is 12.9. The van der Waals surface area contributed by atoms with Gasteiger partial charge in [0.15, 0.2) is 6.10 Å². The number of quaternary nitrogens is 1. The van der Waals surface area contributed by atoms with Gasteiger partial charge in [-0.05, 0) is 109 Å². The van der Waals surface area contributed by atoms with Gasteiger partial charge in [-0.15, -0.1) is 0 Å². The van der Waals surface area contributed by atoms with Crippen molar-refractivity contribution in [3.8, 4) is 0 Å². The number of nitrogens with zero attached hydrogens (tertiary/aromatic N) is 1. The number of unbranched alkanes of at least 4 members (excludes halogenated alkanes) is 32. The number of likely N-dealkylation sites (N-methyl/N-ethyl adjacent to an activating group) is 1. The molecule has 2 atom stereocenters. The Balaban J connectivity index is 4.11. The van der Waals surface area contributed by atoms with Crippen LogP contribution in [-0.4, -0.2) is 74.9 Å². The average Bonchev–Trinajstić information content (AvgIpc) is 3.68. The number of carbonyl (C=O) groups is 2. The molecule has 0 amide bonds. The molecule has 0 spiro atoms. The first-order valence-electron chi connectivity index (χ1n) is 36.3. The fraction of sp³-hybridized carbons (Fsp3) is 0.718. The molecule has 0 aromatic carbocycles. The third-order valence-corrected chi connectivity index (χ3v) is 16.5. The molecule has 0 radical (unpaired) electrons. The van der Waals surface area contributed by atoms with Gasteiger partial charge in [-0.25, -0.2) is 4.57 Å². The third-order valence-electron chi connectivity index (χ3n) is 15.5. The van der Waals surface area contributed by atoms with Gasteiger partial charge < -0.3 is 18.9 Å². The van der Waals surface area contributed by atoms with Crippen LogP contribution in [0.1, 0.15) is 309 Å². The second-order valence-electron chi connectivity index (χ2n) is 25.2. The maximum Gasteiger partial charge on any atom is 0.472 e. The van der Waals surface area contributed by atoms with Gasteiger partial charge in [-0.2, -0.15) is 0 Å². The lowest BCUT2D eigenvalue weighted by Gasteiger charge is -2.24. The van der Waals surface area contributed by atoms with Gasteiger partial charge in [-0.1, -0.05) is 309 Å². The first-order valence-corrected chi connectivity index (χ1v) is 37.8. The van der Waals surface area contributed by atoms with Crippen molar-refractivity contribution in [1.29, 1.82) is 0 Å². The molecule has 506 valence electrons. The molecule has 0 aromatic rings. The van der Waals surface area contributed by atoms with Crippen molar-refractivity contribution in [3.05, 3.63) is 122 Å². The Morgan fingerprint density at radius 2 is 0.648 bits per heavy atom. The Kier molecular flexibility index (Phi) is 65.0. The van der Waals surface area contributed by atoms with Gasteiger partial charge in [-0.3, -0.25) is 18.6 Å². The summed E-state index contributed by atoms with van der Waals surface area (Å²) in [6.07, 6.45) is 97.5. The Bertz CT molecular complexity index is 1900. The Hall–Kier alpha value is -3.59. The topological polar surface area (TPSA) is 108 Å². The third kappa shape index (κ3) is 71.5. The highest BCUT2D eigenvalue weighted by Gasteiger charge is 2.27. The van der Waals surface area contributed by atoms with Gasteiger partial charge in [0.1, 0.15) is 19.8 Å². The van der Waals surface area contributed by atoms with E-state index in [1.54, 1.807) is 0 Å². The lowest BCUT2D eigenvalue weighted by atomic mass is 10.0. The van der Waals surface area contributed by atoms with Gasteiger partial charge in [0.25, 0.3) is 0 Å². The van der Waals surface area contributed by atoms with Crippen molar-refractivity contribution in [3.63, 3.8) is 0 Å². The Morgan fingerprint density at radius 3 is 0.989 bits per heavy atom. The summed E-state index contributed by atoms with van der Waals surface area (Å²) in [7, 11) is 1.45. The minimum Gasteiger partial charge on any atom is -0.462 e. The van der Waals surface area contributed by atoms with Gasteiger partial charge >= 0.3 is 19.8 Å². The predicted molar refractivity (Wildman–Crippen MR) is 381 cm³/mol. The first kappa shape index (κ1) is 84.4. The minimum absolute atomic E-state index is 0.0197. The minimum atomic E-state index is -4.41. The van der Waals surface area contributed by atoms with E-state index >= 15 is 0 Å². The molecule has 9 nitrogen and oxygen atoms in total. The Labute approximate surface area is 543 Å². The maximum absolute atomic E-state index is 12.9. The van der Waals surface area contributed by atoms with Crippen molar-refractivity contribution in [2.45, 2.75) is 315 Å². The number of phosphoric acid groups is 1. The SMILES string of the molecule is CC/C=C\C/C=C\C/C=C\C/C=C\C/C=C\C/C=C\C/C=C\C/C=C\C/C=C\CCCCCC(=O)OC(COC(=O)CCCCCCCCCCCCCCCCCCCCCCC/C=C\CCCCCCCCCC)COP(=O)(O)OCC[N+](C)(C)C. The number of hydrogen-bond donors (Lipinski definition) is 1. The summed E-state index contributed by atoms with van der Waals surface area (Å²) >= 11 is 0. The molecule has 10 heteroatoms. The predicted octanol–water partition coefficient (Wildman–Crippen LogP) is 23.8. The van der Waals surface area contributed by atoms with Gasteiger partial charge in [0.2, 0.25) is 0 Å². The van der Waals surface area contributed by atoms with Crippen LogP contribution in [0.2, 0.25) is 0 Å². The molecule has 0 saturated carbocycles. The summed E-state index contributed by atoms with van der Waals surface area (Å²) in [6.45, 7) is 4.30. The molecule has 0 heterocycles. The molecule has 0 saturated heterocycles. The molecular weight excluding hydrogens is 1110 g/mol. The van der Waals surface area contributed by atoms with Crippen LogP contribution in [0.4, 0.5) is 0 Å². The highest BCUT2D eigenvalue weighted by molar-refractivity contribution is 7.47. The molecule has 0 aliphatic carbocycles. The second-order valence-corrected chi connectivity index (χ2v) is 26.7. The quantitative estimate of drug-likeness (QED) is 0.0211. The molecule has 0 fully saturated rings. The summed E-state index contributed by atoms with van der Waals surface area (Å²) in [6, 6.07) is 0. The molecule has 0 aliphatic rings. The fourth-order valence-electron chi connectivity index (χ4n) is 9.95.